The Morgan fingerprint density at radius 3 is 2.27 bits per heavy atom. The van der Waals surface area contributed by atoms with Crippen LogP contribution in [0.4, 0.5) is 0 Å². The van der Waals surface area contributed by atoms with E-state index in [0.717, 1.165) is 17.9 Å². The average Bonchev–Trinajstić information content (AvgIpc) is 2.60. The molecule has 0 bridgehead atoms. The predicted octanol–water partition coefficient (Wildman–Crippen LogP) is 0.300. The van der Waals surface area contributed by atoms with Crippen LogP contribution >= 0.6 is 0 Å². The molecule has 0 aromatic carbocycles. The lowest BCUT2D eigenvalue weighted by Gasteiger charge is -2.31. The minimum absolute atomic E-state index is 0.983. The molecule has 3 aliphatic rings. The van der Waals surface area contributed by atoms with Crippen LogP contribution in [-0.4, -0.2) is 37.1 Å². The first-order chi connectivity index (χ1) is 5.45. The first-order valence-electron chi connectivity index (χ1n) is 4.90. The zero-order valence-corrected chi connectivity index (χ0v) is 6.92. The highest BCUT2D eigenvalue weighted by Crippen LogP contribution is 2.38. The molecule has 0 aromatic heterocycles. The van der Waals surface area contributed by atoms with Gasteiger partial charge in [0.15, 0.2) is 0 Å². The van der Waals surface area contributed by atoms with Crippen LogP contribution in [0.1, 0.15) is 12.8 Å². The summed E-state index contributed by atoms with van der Waals surface area (Å²) < 4.78 is 0. The van der Waals surface area contributed by atoms with Gasteiger partial charge in [-0.25, -0.2) is 0 Å². The van der Waals surface area contributed by atoms with Crippen molar-refractivity contribution in [1.29, 1.82) is 0 Å². The van der Waals surface area contributed by atoms with Crippen LogP contribution in [0.2, 0.25) is 0 Å². The molecule has 3 heterocycles. The number of nitrogens with zero attached hydrogens (tertiary/aromatic N) is 1. The molecule has 0 saturated carbocycles. The molecule has 0 aromatic rings. The quantitative estimate of drug-likeness (QED) is 0.537. The van der Waals surface area contributed by atoms with Crippen LogP contribution in [0, 0.1) is 11.8 Å². The van der Waals surface area contributed by atoms with Gasteiger partial charge in [0, 0.05) is 6.04 Å². The van der Waals surface area contributed by atoms with Gasteiger partial charge >= 0.3 is 0 Å². The molecule has 2 nitrogen and oxygen atoms in total. The fraction of sp³-hybridized carbons (Fsp3) is 1.00. The van der Waals surface area contributed by atoms with Gasteiger partial charge in [-0.05, 0) is 50.9 Å². The second-order valence-corrected chi connectivity index (χ2v) is 4.28. The van der Waals surface area contributed by atoms with Crippen molar-refractivity contribution in [2.24, 2.45) is 11.8 Å². The number of rotatable bonds is 0. The number of hydrogen-bond donors (Lipinski definition) is 1. The summed E-state index contributed by atoms with van der Waals surface area (Å²) in [5.41, 5.74) is 0. The van der Waals surface area contributed by atoms with Crippen molar-refractivity contribution in [3.63, 3.8) is 0 Å². The number of hydrogen-bond acceptors (Lipinski definition) is 2. The van der Waals surface area contributed by atoms with Gasteiger partial charge < -0.3 is 5.32 Å². The van der Waals surface area contributed by atoms with E-state index in [1.165, 1.54) is 39.0 Å². The second kappa shape index (κ2) is 2.20. The Balaban J connectivity index is 1.88. The predicted molar refractivity (Wildman–Crippen MR) is 44.4 cm³/mol. The van der Waals surface area contributed by atoms with Gasteiger partial charge in [-0.3, -0.25) is 4.90 Å². The van der Waals surface area contributed by atoms with Crippen molar-refractivity contribution in [3.8, 4) is 0 Å². The lowest BCUT2D eigenvalue weighted by Crippen LogP contribution is -2.45. The van der Waals surface area contributed by atoms with E-state index in [0.29, 0.717) is 0 Å². The fourth-order valence-corrected chi connectivity index (χ4v) is 3.30. The smallest absolute Gasteiger partial charge is 0.0177 e. The first kappa shape index (κ1) is 6.44. The Labute approximate surface area is 68.0 Å². The van der Waals surface area contributed by atoms with Crippen molar-refractivity contribution >= 4 is 0 Å². The molecule has 0 aliphatic carbocycles. The van der Waals surface area contributed by atoms with Crippen LogP contribution in [0.5, 0.6) is 0 Å². The van der Waals surface area contributed by atoms with Crippen molar-refractivity contribution in [3.05, 3.63) is 0 Å². The average molecular weight is 152 g/mol. The molecule has 2 unspecified atom stereocenters. The molecule has 1 N–H and O–H groups in total. The molecule has 2 atom stereocenters. The third-order valence-corrected chi connectivity index (χ3v) is 3.77. The van der Waals surface area contributed by atoms with E-state index in [1.54, 1.807) is 0 Å². The molecule has 0 radical (unpaired) electrons. The van der Waals surface area contributed by atoms with Crippen molar-refractivity contribution in [2.45, 2.75) is 18.9 Å². The van der Waals surface area contributed by atoms with Gasteiger partial charge in [-0.1, -0.05) is 0 Å². The summed E-state index contributed by atoms with van der Waals surface area (Å²) in [5, 5.41) is 3.56. The topological polar surface area (TPSA) is 15.3 Å². The van der Waals surface area contributed by atoms with Crippen molar-refractivity contribution in [1.82, 2.24) is 10.2 Å². The summed E-state index contributed by atoms with van der Waals surface area (Å²) in [6, 6.07) is 0.983. The summed E-state index contributed by atoms with van der Waals surface area (Å²) in [4.78, 5) is 2.72. The lowest BCUT2D eigenvalue weighted by molar-refractivity contribution is 0.209. The second-order valence-electron chi connectivity index (χ2n) is 4.28. The van der Waals surface area contributed by atoms with Crippen LogP contribution in [-0.2, 0) is 0 Å². The third-order valence-electron chi connectivity index (χ3n) is 3.77. The molecule has 3 aliphatic heterocycles. The summed E-state index contributed by atoms with van der Waals surface area (Å²) in [6.45, 7) is 5.34. The lowest BCUT2D eigenvalue weighted by atomic mass is 9.86. The number of piperidine rings is 1. The van der Waals surface area contributed by atoms with E-state index < -0.39 is 0 Å². The van der Waals surface area contributed by atoms with Crippen molar-refractivity contribution in [2.75, 3.05) is 26.2 Å². The Hall–Kier alpha value is -0.0800. The van der Waals surface area contributed by atoms with Gasteiger partial charge in [0.1, 0.15) is 0 Å². The summed E-state index contributed by atoms with van der Waals surface area (Å²) in [7, 11) is 0. The summed E-state index contributed by atoms with van der Waals surface area (Å²) >= 11 is 0. The molecule has 2 heteroatoms. The third kappa shape index (κ3) is 0.798. The number of nitrogens with one attached hydrogen (secondary N) is 1. The highest BCUT2D eigenvalue weighted by atomic mass is 15.2. The molecule has 3 fully saturated rings. The molecule has 3 rings (SSSR count). The minimum Gasteiger partial charge on any atom is -0.316 e. The normalized spacial score (nSPS) is 49.6. The van der Waals surface area contributed by atoms with Crippen LogP contribution in [0.15, 0.2) is 0 Å². The van der Waals surface area contributed by atoms with Crippen LogP contribution in [0.3, 0.4) is 0 Å². The maximum atomic E-state index is 3.56. The monoisotopic (exact) mass is 152 g/mol. The molecule has 0 spiro atoms. The van der Waals surface area contributed by atoms with Crippen LogP contribution < -0.4 is 5.32 Å². The molecular formula is C9H16N2. The largest absolute Gasteiger partial charge is 0.316 e. The minimum atomic E-state index is 0.983. The van der Waals surface area contributed by atoms with Crippen LogP contribution in [0.25, 0.3) is 0 Å². The summed E-state index contributed by atoms with van der Waals surface area (Å²) in [6.07, 6.45) is 2.91. The maximum Gasteiger partial charge on any atom is 0.0177 e. The Kier molecular flexibility index (Phi) is 1.29. The Morgan fingerprint density at radius 1 is 1.00 bits per heavy atom. The molecule has 3 saturated heterocycles. The summed E-state index contributed by atoms with van der Waals surface area (Å²) in [5.74, 6) is 1.99. The maximum absolute atomic E-state index is 3.56. The van der Waals surface area contributed by atoms with Gasteiger partial charge in [-0.15, -0.1) is 0 Å². The molecule has 0 amide bonds. The SMILES string of the molecule is C1CN2CCC3CNCC1C32. The standard InChI is InChI=1S/C9H16N2/c1-3-11-4-2-8-6-10-5-7(1)9(8)11/h7-10H,1-6H2. The Morgan fingerprint density at radius 2 is 1.64 bits per heavy atom. The highest BCUT2D eigenvalue weighted by Gasteiger charge is 2.45. The van der Waals surface area contributed by atoms with Gasteiger partial charge in [0.25, 0.3) is 0 Å². The molecule has 11 heavy (non-hydrogen) atoms. The van der Waals surface area contributed by atoms with Gasteiger partial charge in [0.2, 0.25) is 0 Å². The molecular weight excluding hydrogens is 136 g/mol. The zero-order chi connectivity index (χ0) is 7.26. The van der Waals surface area contributed by atoms with E-state index in [1.807, 2.05) is 0 Å². The van der Waals surface area contributed by atoms with E-state index in [9.17, 15) is 0 Å². The van der Waals surface area contributed by atoms with Crippen molar-refractivity contribution < 1.29 is 0 Å². The van der Waals surface area contributed by atoms with E-state index in [2.05, 4.69) is 10.2 Å². The van der Waals surface area contributed by atoms with E-state index in [4.69, 9.17) is 0 Å². The molecule has 62 valence electrons. The zero-order valence-electron chi connectivity index (χ0n) is 6.92. The Bertz CT molecular complexity index is 149. The van der Waals surface area contributed by atoms with Gasteiger partial charge in [-0.2, -0.15) is 0 Å². The first-order valence-corrected chi connectivity index (χ1v) is 4.90. The van der Waals surface area contributed by atoms with E-state index >= 15 is 0 Å². The highest BCUT2D eigenvalue weighted by molar-refractivity contribution is 5.00. The fourth-order valence-electron chi connectivity index (χ4n) is 3.30. The van der Waals surface area contributed by atoms with E-state index in [-0.39, 0.29) is 0 Å². The van der Waals surface area contributed by atoms with Gasteiger partial charge in [0.05, 0.1) is 0 Å².